The summed E-state index contributed by atoms with van der Waals surface area (Å²) in [7, 11) is 0. The molecule has 1 aliphatic carbocycles. The van der Waals surface area contributed by atoms with E-state index in [4.69, 9.17) is 0 Å². The summed E-state index contributed by atoms with van der Waals surface area (Å²) >= 11 is 0. The standard InChI is InChI=1S/C12H16/c1-10(9-11-7-8-11)12-5-3-2-4-6-12/h2-6,10-11H,7-9H2,1H3/t10-/m1/s1. The molecule has 0 heterocycles. The molecule has 1 fully saturated rings. The van der Waals surface area contributed by atoms with Crippen molar-refractivity contribution in [1.82, 2.24) is 0 Å². The molecule has 0 unspecified atom stereocenters. The summed E-state index contributed by atoms with van der Waals surface area (Å²) in [5.41, 5.74) is 1.50. The van der Waals surface area contributed by atoms with Crippen molar-refractivity contribution in [1.29, 1.82) is 0 Å². The van der Waals surface area contributed by atoms with Crippen molar-refractivity contribution in [2.24, 2.45) is 5.92 Å². The van der Waals surface area contributed by atoms with Crippen LogP contribution < -0.4 is 0 Å². The minimum absolute atomic E-state index is 0.763. The van der Waals surface area contributed by atoms with Gasteiger partial charge in [-0.25, -0.2) is 0 Å². The van der Waals surface area contributed by atoms with Gasteiger partial charge in [0.25, 0.3) is 0 Å². The van der Waals surface area contributed by atoms with Gasteiger partial charge in [0.2, 0.25) is 0 Å². The molecule has 1 aromatic carbocycles. The molecule has 64 valence electrons. The van der Waals surface area contributed by atoms with Crippen molar-refractivity contribution in [2.75, 3.05) is 0 Å². The molecule has 12 heavy (non-hydrogen) atoms. The maximum Gasteiger partial charge on any atom is -0.0188 e. The van der Waals surface area contributed by atoms with E-state index in [0.29, 0.717) is 0 Å². The Bertz CT molecular complexity index is 233. The second-order valence-corrected chi connectivity index (χ2v) is 3.99. The fourth-order valence-corrected chi connectivity index (χ4v) is 1.77. The first-order valence-corrected chi connectivity index (χ1v) is 4.91. The van der Waals surface area contributed by atoms with E-state index in [2.05, 4.69) is 37.3 Å². The third-order valence-corrected chi connectivity index (χ3v) is 2.75. The predicted octanol–water partition coefficient (Wildman–Crippen LogP) is 3.59. The largest absolute Gasteiger partial charge is 0.0622 e. The molecule has 1 atom stereocenters. The highest BCUT2D eigenvalue weighted by molar-refractivity contribution is 5.18. The first-order valence-electron chi connectivity index (χ1n) is 4.91. The van der Waals surface area contributed by atoms with Crippen LogP contribution in [0.2, 0.25) is 0 Å². The van der Waals surface area contributed by atoms with Crippen LogP contribution in [-0.4, -0.2) is 0 Å². The molecule has 1 aliphatic rings. The lowest BCUT2D eigenvalue weighted by Gasteiger charge is -2.09. The Morgan fingerprint density at radius 1 is 1.25 bits per heavy atom. The SMILES string of the molecule is C[C@H](CC1CC1)c1ccccc1. The fraction of sp³-hybridized carbons (Fsp3) is 0.500. The lowest BCUT2D eigenvalue weighted by atomic mass is 9.96. The minimum atomic E-state index is 0.763. The predicted molar refractivity (Wildman–Crippen MR) is 52.2 cm³/mol. The monoisotopic (exact) mass is 160 g/mol. The minimum Gasteiger partial charge on any atom is -0.0622 e. The topological polar surface area (TPSA) is 0 Å². The number of benzene rings is 1. The van der Waals surface area contributed by atoms with Gasteiger partial charge in [-0.2, -0.15) is 0 Å². The van der Waals surface area contributed by atoms with Crippen LogP contribution in [0.25, 0.3) is 0 Å². The van der Waals surface area contributed by atoms with Crippen molar-refractivity contribution in [3.63, 3.8) is 0 Å². The van der Waals surface area contributed by atoms with Crippen LogP contribution in [0.3, 0.4) is 0 Å². The molecule has 0 heteroatoms. The summed E-state index contributed by atoms with van der Waals surface area (Å²) in [4.78, 5) is 0. The lowest BCUT2D eigenvalue weighted by Crippen LogP contribution is -1.93. The zero-order chi connectivity index (χ0) is 8.39. The van der Waals surface area contributed by atoms with Crippen molar-refractivity contribution in [3.8, 4) is 0 Å². The zero-order valence-electron chi connectivity index (χ0n) is 7.66. The average Bonchev–Trinajstić information content (AvgIpc) is 2.90. The molecule has 0 amide bonds. The van der Waals surface area contributed by atoms with Gasteiger partial charge >= 0.3 is 0 Å². The molecular weight excluding hydrogens is 144 g/mol. The molecule has 0 aliphatic heterocycles. The van der Waals surface area contributed by atoms with Crippen molar-refractivity contribution in [2.45, 2.75) is 32.1 Å². The maximum atomic E-state index is 2.34. The number of hydrogen-bond donors (Lipinski definition) is 0. The van der Waals surface area contributed by atoms with Gasteiger partial charge in [0.15, 0.2) is 0 Å². The van der Waals surface area contributed by atoms with Gasteiger partial charge in [0.05, 0.1) is 0 Å². The normalized spacial score (nSPS) is 19.1. The summed E-state index contributed by atoms with van der Waals surface area (Å²) in [6, 6.07) is 10.9. The molecule has 0 radical (unpaired) electrons. The van der Waals surface area contributed by atoms with Gasteiger partial charge < -0.3 is 0 Å². The molecule has 1 saturated carbocycles. The third-order valence-electron chi connectivity index (χ3n) is 2.75. The Kier molecular flexibility index (Phi) is 2.16. The Balaban J connectivity index is 1.98. The first kappa shape index (κ1) is 7.85. The molecule has 2 rings (SSSR count). The van der Waals surface area contributed by atoms with E-state index in [-0.39, 0.29) is 0 Å². The highest BCUT2D eigenvalue weighted by Crippen LogP contribution is 2.38. The van der Waals surface area contributed by atoms with Crippen LogP contribution in [0.15, 0.2) is 30.3 Å². The summed E-state index contributed by atoms with van der Waals surface area (Å²) in [6.45, 7) is 2.34. The summed E-state index contributed by atoms with van der Waals surface area (Å²) < 4.78 is 0. The van der Waals surface area contributed by atoms with Crippen LogP contribution in [0, 0.1) is 5.92 Å². The van der Waals surface area contributed by atoms with E-state index in [1.807, 2.05) is 0 Å². The highest BCUT2D eigenvalue weighted by Gasteiger charge is 2.23. The van der Waals surface area contributed by atoms with Gasteiger partial charge in [0, 0.05) is 0 Å². The quantitative estimate of drug-likeness (QED) is 0.634. The number of rotatable bonds is 3. The molecule has 0 N–H and O–H groups in total. The van der Waals surface area contributed by atoms with E-state index >= 15 is 0 Å². The van der Waals surface area contributed by atoms with Gasteiger partial charge in [-0.3, -0.25) is 0 Å². The second-order valence-electron chi connectivity index (χ2n) is 3.99. The highest BCUT2D eigenvalue weighted by atomic mass is 14.3. The smallest absolute Gasteiger partial charge is 0.0188 e. The Morgan fingerprint density at radius 3 is 2.50 bits per heavy atom. The van der Waals surface area contributed by atoms with Crippen LogP contribution in [0.1, 0.15) is 37.7 Å². The molecule has 0 bridgehead atoms. The van der Waals surface area contributed by atoms with Gasteiger partial charge in [-0.15, -0.1) is 0 Å². The van der Waals surface area contributed by atoms with Crippen molar-refractivity contribution >= 4 is 0 Å². The molecule has 0 aromatic heterocycles. The third kappa shape index (κ3) is 1.88. The lowest BCUT2D eigenvalue weighted by molar-refractivity contribution is 0.619. The van der Waals surface area contributed by atoms with E-state index in [1.165, 1.54) is 24.8 Å². The summed E-state index contributed by atoms with van der Waals surface area (Å²) in [5, 5.41) is 0. The number of hydrogen-bond acceptors (Lipinski definition) is 0. The molecule has 1 aromatic rings. The van der Waals surface area contributed by atoms with Gasteiger partial charge in [0.1, 0.15) is 0 Å². The molecule has 0 nitrogen and oxygen atoms in total. The molecular formula is C12H16. The van der Waals surface area contributed by atoms with Crippen LogP contribution in [0.5, 0.6) is 0 Å². The average molecular weight is 160 g/mol. The fourth-order valence-electron chi connectivity index (χ4n) is 1.77. The summed E-state index contributed by atoms with van der Waals surface area (Å²) in [6.07, 6.45) is 4.33. The Morgan fingerprint density at radius 2 is 1.92 bits per heavy atom. The van der Waals surface area contributed by atoms with Gasteiger partial charge in [-0.1, -0.05) is 50.1 Å². The Labute approximate surface area is 74.6 Å². The zero-order valence-corrected chi connectivity index (χ0v) is 7.66. The maximum absolute atomic E-state index is 2.34. The Hall–Kier alpha value is -0.780. The van der Waals surface area contributed by atoms with E-state index < -0.39 is 0 Å². The van der Waals surface area contributed by atoms with E-state index in [1.54, 1.807) is 0 Å². The van der Waals surface area contributed by atoms with Crippen LogP contribution in [-0.2, 0) is 0 Å². The summed E-state index contributed by atoms with van der Waals surface area (Å²) in [5.74, 6) is 1.80. The molecule has 0 saturated heterocycles. The van der Waals surface area contributed by atoms with Crippen LogP contribution >= 0.6 is 0 Å². The van der Waals surface area contributed by atoms with E-state index in [0.717, 1.165) is 11.8 Å². The van der Waals surface area contributed by atoms with Gasteiger partial charge in [-0.05, 0) is 23.8 Å². The first-order chi connectivity index (χ1) is 5.86. The molecule has 0 spiro atoms. The van der Waals surface area contributed by atoms with Crippen molar-refractivity contribution < 1.29 is 0 Å². The van der Waals surface area contributed by atoms with Crippen molar-refractivity contribution in [3.05, 3.63) is 35.9 Å². The second kappa shape index (κ2) is 3.30. The van der Waals surface area contributed by atoms with Crippen LogP contribution in [0.4, 0.5) is 0 Å². The van der Waals surface area contributed by atoms with E-state index in [9.17, 15) is 0 Å².